The molecule has 7 nitrogen and oxygen atoms in total. The van der Waals surface area contributed by atoms with Gasteiger partial charge in [-0.3, -0.25) is 9.69 Å². The van der Waals surface area contributed by atoms with Crippen molar-refractivity contribution in [3.8, 4) is 0 Å². The molecule has 0 aromatic heterocycles. The van der Waals surface area contributed by atoms with Gasteiger partial charge in [0.2, 0.25) is 0 Å². The number of nitrogens with one attached hydrogen (secondary N) is 2. The Morgan fingerprint density at radius 3 is 2.21 bits per heavy atom. The maximum Gasteiger partial charge on any atom is 0.319 e. The van der Waals surface area contributed by atoms with E-state index in [4.69, 9.17) is 10.7 Å². The van der Waals surface area contributed by atoms with Gasteiger partial charge in [-0.2, -0.15) is 0 Å². The van der Waals surface area contributed by atoms with Crippen molar-refractivity contribution < 1.29 is 9.59 Å². The van der Waals surface area contributed by atoms with Crippen LogP contribution in [0.25, 0.3) is 0 Å². The van der Waals surface area contributed by atoms with E-state index in [9.17, 15) is 9.59 Å². The van der Waals surface area contributed by atoms with Crippen LogP contribution in [0, 0.1) is 6.92 Å². The smallest absolute Gasteiger partial charge is 0.319 e. The Morgan fingerprint density at radius 2 is 1.59 bits per heavy atom. The molecule has 0 spiro atoms. The molecule has 0 saturated carbocycles. The van der Waals surface area contributed by atoms with Gasteiger partial charge >= 0.3 is 6.03 Å². The number of guanidine groups is 1. The fourth-order valence-corrected chi connectivity index (χ4v) is 4.19. The molecule has 1 heterocycles. The molecule has 4 rings (SSSR count). The Morgan fingerprint density at radius 1 is 0.941 bits per heavy atom. The van der Waals surface area contributed by atoms with Crippen molar-refractivity contribution in [1.29, 1.82) is 0 Å². The lowest BCUT2D eigenvalue weighted by Gasteiger charge is -2.27. The zero-order chi connectivity index (χ0) is 24.0. The molecule has 4 N–H and O–H groups in total. The molecule has 0 fully saturated rings. The van der Waals surface area contributed by atoms with E-state index in [0.717, 1.165) is 22.4 Å². The van der Waals surface area contributed by atoms with Crippen LogP contribution in [0.4, 0.5) is 10.5 Å². The van der Waals surface area contributed by atoms with Crippen molar-refractivity contribution in [3.05, 3.63) is 102 Å². The SMILES string of the molecule is Cc1cccc(NC(=O)NCCCCN2C(=O)C(c3ccccc3)(c3ccccc3)N=C2N)c1. The number of hydrogen-bond donors (Lipinski definition) is 3. The van der Waals surface area contributed by atoms with Gasteiger partial charge in [-0.25, -0.2) is 9.79 Å². The van der Waals surface area contributed by atoms with Gasteiger partial charge in [-0.05, 0) is 48.6 Å². The molecule has 3 amide bonds. The van der Waals surface area contributed by atoms with Crippen LogP contribution < -0.4 is 16.4 Å². The topological polar surface area (TPSA) is 99.8 Å². The Bertz CT molecular complexity index is 1140. The summed E-state index contributed by atoms with van der Waals surface area (Å²) < 4.78 is 0. The molecule has 1 aliphatic heterocycles. The van der Waals surface area contributed by atoms with Gasteiger partial charge in [-0.15, -0.1) is 0 Å². The van der Waals surface area contributed by atoms with Crippen LogP contribution in [-0.2, 0) is 10.3 Å². The maximum atomic E-state index is 13.7. The van der Waals surface area contributed by atoms with Crippen molar-refractivity contribution in [3.63, 3.8) is 0 Å². The lowest BCUT2D eigenvalue weighted by atomic mass is 9.83. The second kappa shape index (κ2) is 10.2. The molecule has 7 heteroatoms. The van der Waals surface area contributed by atoms with Crippen molar-refractivity contribution in [2.24, 2.45) is 10.7 Å². The van der Waals surface area contributed by atoms with Crippen LogP contribution in [0.5, 0.6) is 0 Å². The largest absolute Gasteiger partial charge is 0.369 e. The molecule has 0 aliphatic carbocycles. The van der Waals surface area contributed by atoms with Crippen LogP contribution in [-0.4, -0.2) is 35.9 Å². The van der Waals surface area contributed by atoms with Gasteiger partial charge in [0.15, 0.2) is 11.5 Å². The average molecular weight is 456 g/mol. The summed E-state index contributed by atoms with van der Waals surface area (Å²) in [6.07, 6.45) is 1.37. The number of benzene rings is 3. The molecule has 0 atom stereocenters. The standard InChI is InChI=1S/C27H29N5O2/c1-20-11-10-16-23(19-20)30-26(34)29-17-8-9-18-32-24(33)27(31-25(32)28,21-12-4-2-5-13-21)22-14-6-3-7-15-22/h2-7,10-16,19H,8-9,17-18H2,1H3,(H2,28,31)(H2,29,30,34). The number of rotatable bonds is 8. The number of aliphatic imine (C=N–C) groups is 1. The van der Waals surface area contributed by atoms with E-state index in [0.29, 0.717) is 25.9 Å². The minimum absolute atomic E-state index is 0.160. The van der Waals surface area contributed by atoms with Crippen LogP contribution in [0.1, 0.15) is 29.5 Å². The zero-order valence-electron chi connectivity index (χ0n) is 19.2. The van der Waals surface area contributed by atoms with Gasteiger partial charge in [0.25, 0.3) is 5.91 Å². The molecule has 1 aliphatic rings. The zero-order valence-corrected chi connectivity index (χ0v) is 19.2. The van der Waals surface area contributed by atoms with E-state index < -0.39 is 5.54 Å². The van der Waals surface area contributed by atoms with Crippen molar-refractivity contribution in [2.75, 3.05) is 18.4 Å². The predicted molar refractivity (Wildman–Crippen MR) is 134 cm³/mol. The predicted octanol–water partition coefficient (Wildman–Crippen LogP) is 4.00. The molecular formula is C27H29N5O2. The number of unbranched alkanes of at least 4 members (excludes halogenated alkanes) is 1. The lowest BCUT2D eigenvalue weighted by molar-refractivity contribution is -0.130. The van der Waals surface area contributed by atoms with E-state index in [2.05, 4.69) is 10.6 Å². The fourth-order valence-electron chi connectivity index (χ4n) is 4.19. The minimum atomic E-state index is -1.18. The first-order chi connectivity index (χ1) is 16.5. The van der Waals surface area contributed by atoms with Gasteiger partial charge in [0, 0.05) is 18.8 Å². The van der Waals surface area contributed by atoms with E-state index >= 15 is 0 Å². The third kappa shape index (κ3) is 4.78. The Balaban J connectivity index is 1.36. The van der Waals surface area contributed by atoms with E-state index in [1.165, 1.54) is 0 Å². The summed E-state index contributed by atoms with van der Waals surface area (Å²) in [5.74, 6) is 0.0513. The maximum absolute atomic E-state index is 13.7. The first-order valence-electron chi connectivity index (χ1n) is 11.4. The number of carbonyl (C=O) groups excluding carboxylic acids is 2. The van der Waals surface area contributed by atoms with Gasteiger partial charge in [0.1, 0.15) is 0 Å². The molecule has 0 unspecified atom stereocenters. The van der Waals surface area contributed by atoms with E-state index in [1.807, 2.05) is 91.9 Å². The Kier molecular flexibility index (Phi) is 6.92. The number of aryl methyl sites for hydroxylation is 1. The summed E-state index contributed by atoms with van der Waals surface area (Å²) in [6.45, 7) is 2.89. The van der Waals surface area contributed by atoms with Crippen molar-refractivity contribution >= 4 is 23.6 Å². The highest BCUT2D eigenvalue weighted by molar-refractivity contribution is 6.09. The summed E-state index contributed by atoms with van der Waals surface area (Å²) in [4.78, 5) is 32.1. The number of anilines is 1. The second-order valence-corrected chi connectivity index (χ2v) is 8.33. The third-order valence-electron chi connectivity index (χ3n) is 5.87. The molecule has 34 heavy (non-hydrogen) atoms. The summed E-state index contributed by atoms with van der Waals surface area (Å²) in [5, 5.41) is 5.67. The second-order valence-electron chi connectivity index (χ2n) is 8.33. The first-order valence-corrected chi connectivity index (χ1v) is 11.4. The number of nitrogens with two attached hydrogens (primary N) is 1. The minimum Gasteiger partial charge on any atom is -0.369 e. The van der Waals surface area contributed by atoms with Crippen molar-refractivity contribution in [1.82, 2.24) is 10.2 Å². The Labute approximate surface area is 199 Å². The molecular weight excluding hydrogens is 426 g/mol. The summed E-state index contributed by atoms with van der Waals surface area (Å²) in [5.41, 5.74) is 8.47. The highest BCUT2D eigenvalue weighted by atomic mass is 16.2. The van der Waals surface area contributed by atoms with Gasteiger partial charge in [-0.1, -0.05) is 72.8 Å². The number of amides is 3. The molecule has 3 aromatic carbocycles. The van der Waals surface area contributed by atoms with Crippen LogP contribution in [0.2, 0.25) is 0 Å². The van der Waals surface area contributed by atoms with Crippen LogP contribution >= 0.6 is 0 Å². The number of carbonyl (C=O) groups is 2. The number of nitrogens with zero attached hydrogens (tertiary/aromatic N) is 2. The van der Waals surface area contributed by atoms with Gasteiger partial charge in [0.05, 0.1) is 0 Å². The van der Waals surface area contributed by atoms with Crippen LogP contribution in [0.15, 0.2) is 89.9 Å². The quantitative estimate of drug-likeness (QED) is 0.448. The third-order valence-corrected chi connectivity index (χ3v) is 5.87. The van der Waals surface area contributed by atoms with E-state index in [-0.39, 0.29) is 17.9 Å². The molecule has 0 bridgehead atoms. The Hall–Kier alpha value is -4.13. The molecule has 0 saturated heterocycles. The number of hydrogen-bond acceptors (Lipinski definition) is 4. The van der Waals surface area contributed by atoms with Crippen LogP contribution in [0.3, 0.4) is 0 Å². The van der Waals surface area contributed by atoms with Crippen molar-refractivity contribution in [2.45, 2.75) is 25.3 Å². The van der Waals surface area contributed by atoms with E-state index in [1.54, 1.807) is 4.90 Å². The summed E-state index contributed by atoms with van der Waals surface area (Å²) in [7, 11) is 0. The lowest BCUT2D eigenvalue weighted by Crippen LogP contribution is -2.44. The fraction of sp³-hybridized carbons (Fsp3) is 0.222. The average Bonchev–Trinajstić information content (AvgIpc) is 3.10. The molecule has 174 valence electrons. The highest BCUT2D eigenvalue weighted by Crippen LogP contribution is 2.39. The molecule has 3 aromatic rings. The number of urea groups is 1. The summed E-state index contributed by atoms with van der Waals surface area (Å²) >= 11 is 0. The highest BCUT2D eigenvalue weighted by Gasteiger charge is 2.50. The van der Waals surface area contributed by atoms with Gasteiger partial charge < -0.3 is 16.4 Å². The molecule has 0 radical (unpaired) electrons. The normalized spacial score (nSPS) is 14.6. The first kappa shape index (κ1) is 23.0. The monoisotopic (exact) mass is 455 g/mol. The summed E-state index contributed by atoms with van der Waals surface area (Å²) in [6, 6.07) is 26.4.